The first-order valence-corrected chi connectivity index (χ1v) is 10.5. The second-order valence-corrected chi connectivity index (χ2v) is 8.03. The monoisotopic (exact) mass is 358 g/mol. The summed E-state index contributed by atoms with van der Waals surface area (Å²) in [5.41, 5.74) is 2.21. The summed E-state index contributed by atoms with van der Waals surface area (Å²) in [5.74, 6) is -1.07. The number of carbonyl (C=O) groups is 1. The predicted octanol–water partition coefficient (Wildman–Crippen LogP) is 4.11. The largest absolute Gasteiger partial charge is 0.481 e. The van der Waals surface area contributed by atoms with Crippen LogP contribution in [0, 0.1) is 0 Å². The molecule has 2 aliphatic rings. The second-order valence-electron chi connectivity index (χ2n) is 8.03. The first-order chi connectivity index (χ1) is 12.7. The molecule has 0 saturated carbocycles. The lowest BCUT2D eigenvalue weighted by Gasteiger charge is -2.40. The summed E-state index contributed by atoms with van der Waals surface area (Å²) in [5, 5.41) is 9.51. The van der Waals surface area contributed by atoms with Gasteiger partial charge in [0.05, 0.1) is 5.92 Å². The van der Waals surface area contributed by atoms with E-state index in [2.05, 4.69) is 21.9 Å². The molecule has 0 amide bonds. The summed E-state index contributed by atoms with van der Waals surface area (Å²) >= 11 is 0. The number of likely N-dealkylation sites (tertiary alicyclic amines) is 2. The van der Waals surface area contributed by atoms with Crippen molar-refractivity contribution < 1.29 is 9.90 Å². The van der Waals surface area contributed by atoms with Crippen molar-refractivity contribution in [2.24, 2.45) is 0 Å². The van der Waals surface area contributed by atoms with Crippen molar-refractivity contribution in [1.29, 1.82) is 0 Å². The van der Waals surface area contributed by atoms with E-state index < -0.39 is 5.97 Å². The molecule has 2 saturated heterocycles. The third kappa shape index (κ3) is 5.08. The van der Waals surface area contributed by atoms with Crippen LogP contribution in [0.2, 0.25) is 0 Å². The summed E-state index contributed by atoms with van der Waals surface area (Å²) in [7, 11) is 0. The third-order valence-electron chi connectivity index (χ3n) is 6.10. The second kappa shape index (κ2) is 9.52. The highest BCUT2D eigenvalue weighted by Crippen LogP contribution is 2.25. The summed E-state index contributed by atoms with van der Waals surface area (Å²) in [6.07, 6.45) is 8.29. The fourth-order valence-corrected chi connectivity index (χ4v) is 4.61. The maximum absolute atomic E-state index is 11.6. The summed E-state index contributed by atoms with van der Waals surface area (Å²) in [6.45, 7) is 7.89. The van der Waals surface area contributed by atoms with Crippen LogP contribution in [-0.2, 0) is 11.3 Å². The van der Waals surface area contributed by atoms with Crippen LogP contribution in [0.4, 0.5) is 0 Å². The van der Waals surface area contributed by atoms with E-state index in [-0.39, 0.29) is 5.92 Å². The van der Waals surface area contributed by atoms with Crippen molar-refractivity contribution in [3.63, 3.8) is 0 Å². The van der Waals surface area contributed by atoms with Gasteiger partial charge >= 0.3 is 5.97 Å². The number of hydrogen-bond acceptors (Lipinski definition) is 3. The number of carboxylic acids is 1. The fraction of sp³-hybridized carbons (Fsp3) is 0.682. The molecular formula is C22H34N2O2. The van der Waals surface area contributed by atoms with Gasteiger partial charge < -0.3 is 10.0 Å². The highest BCUT2D eigenvalue weighted by Gasteiger charge is 2.25. The average Bonchev–Trinajstić information content (AvgIpc) is 2.67. The van der Waals surface area contributed by atoms with Crippen molar-refractivity contribution >= 4 is 5.97 Å². The first-order valence-electron chi connectivity index (χ1n) is 10.5. The van der Waals surface area contributed by atoms with E-state index in [1.807, 2.05) is 19.1 Å². The number of nitrogens with zero attached hydrogens (tertiary/aromatic N) is 2. The molecule has 1 atom stereocenters. The van der Waals surface area contributed by atoms with Crippen molar-refractivity contribution in [1.82, 2.24) is 9.80 Å². The number of rotatable bonds is 7. The molecule has 2 heterocycles. The van der Waals surface area contributed by atoms with Gasteiger partial charge in [-0.05, 0) is 69.4 Å². The highest BCUT2D eigenvalue weighted by molar-refractivity contribution is 5.76. The van der Waals surface area contributed by atoms with Gasteiger partial charge in [-0.1, -0.05) is 44.0 Å². The van der Waals surface area contributed by atoms with Crippen LogP contribution >= 0.6 is 0 Å². The molecule has 1 aromatic rings. The van der Waals surface area contributed by atoms with Gasteiger partial charge in [-0.3, -0.25) is 9.69 Å². The number of aliphatic carboxylic acids is 1. The number of carboxylic acid groups (broad SMARTS) is 1. The molecule has 4 nitrogen and oxygen atoms in total. The molecule has 2 aliphatic heterocycles. The Kier molecular flexibility index (Phi) is 7.09. The summed E-state index contributed by atoms with van der Waals surface area (Å²) in [6, 6.07) is 9.03. The topological polar surface area (TPSA) is 43.8 Å². The van der Waals surface area contributed by atoms with Gasteiger partial charge in [0.1, 0.15) is 0 Å². The van der Waals surface area contributed by atoms with Crippen molar-refractivity contribution in [2.75, 3.05) is 26.2 Å². The van der Waals surface area contributed by atoms with Crippen LogP contribution in [0.5, 0.6) is 0 Å². The van der Waals surface area contributed by atoms with Gasteiger partial charge in [0, 0.05) is 12.6 Å². The van der Waals surface area contributed by atoms with E-state index in [4.69, 9.17) is 0 Å². The number of piperidine rings is 2. The Morgan fingerprint density at radius 2 is 1.88 bits per heavy atom. The minimum atomic E-state index is -0.702. The van der Waals surface area contributed by atoms with E-state index in [0.717, 1.165) is 37.7 Å². The van der Waals surface area contributed by atoms with Crippen LogP contribution < -0.4 is 0 Å². The first kappa shape index (κ1) is 19.4. The molecular weight excluding hydrogens is 324 g/mol. The third-order valence-corrected chi connectivity index (χ3v) is 6.10. The van der Waals surface area contributed by atoms with Gasteiger partial charge in [-0.25, -0.2) is 0 Å². The van der Waals surface area contributed by atoms with Crippen molar-refractivity contribution in [3.8, 4) is 0 Å². The Morgan fingerprint density at radius 3 is 2.54 bits per heavy atom. The molecule has 144 valence electrons. The molecule has 0 radical (unpaired) electrons. The maximum atomic E-state index is 11.6. The van der Waals surface area contributed by atoms with Gasteiger partial charge in [0.15, 0.2) is 0 Å². The minimum Gasteiger partial charge on any atom is -0.481 e. The molecule has 0 aromatic heterocycles. The van der Waals surface area contributed by atoms with E-state index in [1.165, 1.54) is 50.8 Å². The van der Waals surface area contributed by atoms with Gasteiger partial charge in [0.2, 0.25) is 0 Å². The van der Waals surface area contributed by atoms with Crippen LogP contribution in [0.15, 0.2) is 24.3 Å². The van der Waals surface area contributed by atoms with Crippen LogP contribution in [0.25, 0.3) is 0 Å². The quantitative estimate of drug-likeness (QED) is 0.797. The Bertz CT molecular complexity index is 575. The molecule has 3 rings (SSSR count). The van der Waals surface area contributed by atoms with Crippen LogP contribution in [-0.4, -0.2) is 53.1 Å². The molecule has 26 heavy (non-hydrogen) atoms. The zero-order valence-corrected chi connectivity index (χ0v) is 16.2. The normalized spacial score (nSPS) is 21.6. The lowest BCUT2D eigenvalue weighted by atomic mass is 9.93. The molecule has 0 aliphatic carbocycles. The van der Waals surface area contributed by atoms with Gasteiger partial charge in [-0.15, -0.1) is 0 Å². The molecule has 4 heteroatoms. The van der Waals surface area contributed by atoms with E-state index >= 15 is 0 Å². The van der Waals surface area contributed by atoms with E-state index in [0.29, 0.717) is 6.42 Å². The van der Waals surface area contributed by atoms with Crippen molar-refractivity contribution in [3.05, 3.63) is 35.4 Å². The van der Waals surface area contributed by atoms with Gasteiger partial charge in [0.25, 0.3) is 0 Å². The minimum absolute atomic E-state index is 0.371. The smallest absolute Gasteiger partial charge is 0.310 e. The molecule has 1 unspecified atom stereocenters. The van der Waals surface area contributed by atoms with E-state index in [1.54, 1.807) is 0 Å². The Morgan fingerprint density at radius 1 is 1.15 bits per heavy atom. The zero-order valence-electron chi connectivity index (χ0n) is 16.2. The fourth-order valence-electron chi connectivity index (χ4n) is 4.61. The SMILES string of the molecule is CCCC(C(=O)O)c1cccc(CN2CCC(N3CCCCC3)CC2)c1. The summed E-state index contributed by atoms with van der Waals surface area (Å²) < 4.78 is 0. The zero-order chi connectivity index (χ0) is 18.4. The standard InChI is InChI=1S/C22H34N2O2/c1-2-7-21(22(25)26)19-9-6-8-18(16-19)17-23-14-10-20(11-15-23)24-12-4-3-5-13-24/h6,8-9,16,20-21H,2-5,7,10-15,17H2,1H3,(H,25,26). The molecule has 1 N–H and O–H groups in total. The number of hydrogen-bond donors (Lipinski definition) is 1. The Hall–Kier alpha value is -1.39. The Balaban J connectivity index is 1.55. The number of benzene rings is 1. The predicted molar refractivity (Wildman–Crippen MR) is 105 cm³/mol. The van der Waals surface area contributed by atoms with Gasteiger partial charge in [-0.2, -0.15) is 0 Å². The molecule has 1 aromatic carbocycles. The van der Waals surface area contributed by atoms with Crippen molar-refractivity contribution in [2.45, 2.75) is 70.4 Å². The highest BCUT2D eigenvalue weighted by atomic mass is 16.4. The Labute approximate surface area is 158 Å². The lowest BCUT2D eigenvalue weighted by molar-refractivity contribution is -0.139. The van der Waals surface area contributed by atoms with E-state index in [9.17, 15) is 9.90 Å². The maximum Gasteiger partial charge on any atom is 0.310 e. The molecule has 0 bridgehead atoms. The summed E-state index contributed by atoms with van der Waals surface area (Å²) in [4.78, 5) is 16.8. The van der Waals surface area contributed by atoms with Crippen LogP contribution in [0.3, 0.4) is 0 Å². The van der Waals surface area contributed by atoms with Crippen LogP contribution in [0.1, 0.15) is 68.9 Å². The lowest BCUT2D eigenvalue weighted by Crippen LogP contribution is -2.46. The molecule has 2 fully saturated rings. The average molecular weight is 359 g/mol. The molecule has 0 spiro atoms.